The van der Waals surface area contributed by atoms with Gasteiger partial charge in [-0.1, -0.05) is 35.0 Å². The quantitative estimate of drug-likeness (QED) is 0.502. The van der Waals surface area contributed by atoms with Gasteiger partial charge >= 0.3 is 0 Å². The van der Waals surface area contributed by atoms with Crippen molar-refractivity contribution in [1.82, 2.24) is 15.0 Å². The number of benzene rings is 1. The van der Waals surface area contributed by atoms with Crippen LogP contribution in [0.5, 0.6) is 0 Å². The second-order valence-electron chi connectivity index (χ2n) is 5.74. The summed E-state index contributed by atoms with van der Waals surface area (Å²) in [6.45, 7) is -0.533. The van der Waals surface area contributed by atoms with Gasteiger partial charge in [0.05, 0.1) is 22.8 Å². The number of hydrogen-bond acceptors (Lipinski definition) is 7. The molecule has 0 saturated heterocycles. The van der Waals surface area contributed by atoms with Crippen LogP contribution in [-0.2, 0) is 16.6 Å². The number of aromatic nitrogens is 3. The van der Waals surface area contributed by atoms with Crippen molar-refractivity contribution in [3.05, 3.63) is 69.3 Å². The maximum Gasteiger partial charge on any atom is 0.264 e. The first-order valence-corrected chi connectivity index (χ1v) is 10.3. The fourth-order valence-electron chi connectivity index (χ4n) is 2.26. The average molecular weight is 468 g/mol. The second-order valence-corrected chi connectivity index (χ2v) is 8.21. The average Bonchev–Trinajstić information content (AvgIpc) is 2.71. The van der Waals surface area contributed by atoms with E-state index in [1.165, 1.54) is 30.7 Å². The van der Waals surface area contributed by atoms with Crippen LogP contribution in [0.15, 0.2) is 41.7 Å². The van der Waals surface area contributed by atoms with Crippen LogP contribution < -0.4 is 10.5 Å². The summed E-state index contributed by atoms with van der Waals surface area (Å²) < 4.78 is 42.2. The van der Waals surface area contributed by atoms with Crippen LogP contribution in [0.25, 0.3) is 0 Å². The Bertz CT molecular complexity index is 1280. The molecule has 4 N–H and O–H groups in total. The molecule has 0 atom stereocenters. The van der Waals surface area contributed by atoms with Crippen molar-refractivity contribution in [3.8, 4) is 11.8 Å². The highest BCUT2D eigenvalue weighted by atomic mass is 35.5. The van der Waals surface area contributed by atoms with Crippen molar-refractivity contribution in [3.63, 3.8) is 0 Å². The minimum absolute atomic E-state index is 0.0302. The maximum atomic E-state index is 14.8. The van der Waals surface area contributed by atoms with Crippen LogP contribution in [0.4, 0.5) is 16.2 Å². The Morgan fingerprint density at radius 1 is 1.17 bits per heavy atom. The molecule has 0 spiro atoms. The molecule has 0 amide bonds. The zero-order chi connectivity index (χ0) is 21.9. The highest BCUT2D eigenvalue weighted by Crippen LogP contribution is 2.31. The molecule has 12 heteroatoms. The van der Waals surface area contributed by atoms with Gasteiger partial charge in [0.15, 0.2) is 11.6 Å². The molecule has 0 radical (unpaired) electrons. The first-order chi connectivity index (χ1) is 14.2. The van der Waals surface area contributed by atoms with E-state index in [0.717, 1.165) is 6.07 Å². The number of rotatable bonds is 4. The maximum absolute atomic E-state index is 14.8. The third-order valence-electron chi connectivity index (χ3n) is 3.67. The normalized spacial score (nSPS) is 10.9. The summed E-state index contributed by atoms with van der Waals surface area (Å²) in [6.07, 6.45) is 3.90. The molecule has 0 bridgehead atoms. The molecule has 1 aromatic carbocycles. The van der Waals surface area contributed by atoms with E-state index in [9.17, 15) is 17.9 Å². The van der Waals surface area contributed by atoms with Gasteiger partial charge in [-0.25, -0.2) is 27.8 Å². The molecule has 2 heterocycles. The molecule has 3 rings (SSSR count). The van der Waals surface area contributed by atoms with Gasteiger partial charge in [0.2, 0.25) is 5.95 Å². The van der Waals surface area contributed by atoms with Crippen LogP contribution in [-0.4, -0.2) is 28.5 Å². The van der Waals surface area contributed by atoms with Gasteiger partial charge in [-0.15, -0.1) is 0 Å². The molecule has 154 valence electrons. The van der Waals surface area contributed by atoms with Crippen LogP contribution in [0, 0.1) is 17.7 Å². The van der Waals surface area contributed by atoms with E-state index >= 15 is 0 Å². The Morgan fingerprint density at radius 2 is 1.87 bits per heavy atom. The molecule has 0 fully saturated rings. The van der Waals surface area contributed by atoms with Crippen molar-refractivity contribution < 1.29 is 17.9 Å². The number of nitrogens with zero attached hydrogens (tertiary/aromatic N) is 3. The van der Waals surface area contributed by atoms with E-state index in [1.54, 1.807) is 0 Å². The number of aliphatic hydroxyl groups is 1. The first-order valence-electron chi connectivity index (χ1n) is 8.07. The Kier molecular flexibility index (Phi) is 6.38. The summed E-state index contributed by atoms with van der Waals surface area (Å²) in [5, 5.41) is 9.10. The Labute approximate surface area is 181 Å². The van der Waals surface area contributed by atoms with Crippen molar-refractivity contribution in [1.29, 1.82) is 0 Å². The number of anilines is 2. The van der Waals surface area contributed by atoms with Gasteiger partial charge in [-0.05, 0) is 23.8 Å². The number of aliphatic hydroxyl groups excluding tert-OH is 1. The van der Waals surface area contributed by atoms with Crippen LogP contribution in [0.1, 0.15) is 16.7 Å². The van der Waals surface area contributed by atoms with E-state index in [1.807, 2.05) is 4.72 Å². The van der Waals surface area contributed by atoms with Gasteiger partial charge < -0.3 is 10.8 Å². The Balaban J connectivity index is 1.96. The predicted octanol–water partition coefficient (Wildman–Crippen LogP) is 2.59. The lowest BCUT2D eigenvalue weighted by Crippen LogP contribution is -2.16. The van der Waals surface area contributed by atoms with E-state index in [2.05, 4.69) is 26.8 Å². The molecule has 0 aliphatic carbocycles. The topological polar surface area (TPSA) is 131 Å². The van der Waals surface area contributed by atoms with Crippen molar-refractivity contribution >= 4 is 45.0 Å². The molecule has 0 aliphatic rings. The van der Waals surface area contributed by atoms with Crippen LogP contribution in [0.3, 0.4) is 0 Å². The van der Waals surface area contributed by atoms with E-state index in [-0.39, 0.29) is 27.1 Å². The van der Waals surface area contributed by atoms with Crippen molar-refractivity contribution in [2.24, 2.45) is 0 Å². The smallest absolute Gasteiger partial charge is 0.264 e. The van der Waals surface area contributed by atoms with Gasteiger partial charge in [-0.2, -0.15) is 0 Å². The summed E-state index contributed by atoms with van der Waals surface area (Å²) in [6, 6.07) is 3.67. The standard InChI is InChI=1S/C18H12Cl2FN5O3S/c19-13-5-12(9-27)15(20)14(6-13)30(28,29)26-17-16(21)11(3-4-23-17)2-1-10-7-24-18(22)25-8-10/h3-8,27H,9H2,(H,23,26)(H2,22,24,25). The molecular weight excluding hydrogens is 456 g/mol. The number of hydrogen-bond donors (Lipinski definition) is 3. The number of nitrogens with two attached hydrogens (primary N) is 1. The van der Waals surface area contributed by atoms with Gasteiger partial charge in [0, 0.05) is 23.6 Å². The van der Waals surface area contributed by atoms with Crippen molar-refractivity contribution in [2.75, 3.05) is 10.5 Å². The SMILES string of the molecule is Nc1ncc(C#Cc2ccnc(NS(=O)(=O)c3cc(Cl)cc(CO)c3Cl)c2F)cn1. The van der Waals surface area contributed by atoms with E-state index in [4.69, 9.17) is 28.9 Å². The summed E-state index contributed by atoms with van der Waals surface area (Å²) in [7, 11) is -4.37. The fourth-order valence-corrected chi connectivity index (χ4v) is 4.20. The van der Waals surface area contributed by atoms with E-state index in [0.29, 0.717) is 5.56 Å². The molecule has 0 saturated carbocycles. The van der Waals surface area contributed by atoms with Gasteiger partial charge in [-0.3, -0.25) is 4.72 Å². The number of nitrogen functional groups attached to an aromatic ring is 1. The third kappa shape index (κ3) is 4.77. The molecular formula is C18H12Cl2FN5O3S. The second kappa shape index (κ2) is 8.81. The van der Waals surface area contributed by atoms with E-state index < -0.39 is 33.2 Å². The number of pyridine rings is 1. The Morgan fingerprint density at radius 3 is 2.53 bits per heavy atom. The zero-order valence-corrected chi connectivity index (χ0v) is 17.2. The van der Waals surface area contributed by atoms with Gasteiger partial charge in [0.25, 0.3) is 10.0 Å². The van der Waals surface area contributed by atoms with Crippen molar-refractivity contribution in [2.45, 2.75) is 11.5 Å². The summed E-state index contributed by atoms with van der Waals surface area (Å²) in [5.41, 5.74) is 5.75. The molecule has 0 aliphatic heterocycles. The minimum atomic E-state index is -4.37. The molecule has 3 aromatic rings. The Hall–Kier alpha value is -2.97. The highest BCUT2D eigenvalue weighted by Gasteiger charge is 2.23. The molecule has 8 nitrogen and oxygen atoms in total. The fraction of sp³-hybridized carbons (Fsp3) is 0.0556. The zero-order valence-electron chi connectivity index (χ0n) is 14.9. The number of nitrogens with one attached hydrogen (secondary N) is 1. The molecule has 0 unspecified atom stereocenters. The monoisotopic (exact) mass is 467 g/mol. The summed E-state index contributed by atoms with van der Waals surface area (Å²) in [5.74, 6) is 3.68. The number of sulfonamides is 1. The molecule has 30 heavy (non-hydrogen) atoms. The molecule has 2 aromatic heterocycles. The van der Waals surface area contributed by atoms with Crippen LogP contribution in [0.2, 0.25) is 10.0 Å². The van der Waals surface area contributed by atoms with Gasteiger partial charge in [0.1, 0.15) is 4.90 Å². The lowest BCUT2D eigenvalue weighted by Gasteiger charge is -2.12. The summed E-state index contributed by atoms with van der Waals surface area (Å²) in [4.78, 5) is 10.8. The highest BCUT2D eigenvalue weighted by molar-refractivity contribution is 7.92. The largest absolute Gasteiger partial charge is 0.392 e. The van der Waals surface area contributed by atoms with Crippen LogP contribution >= 0.6 is 23.2 Å². The lowest BCUT2D eigenvalue weighted by atomic mass is 10.2. The first kappa shape index (κ1) is 21.7. The predicted molar refractivity (Wildman–Crippen MR) is 110 cm³/mol. The lowest BCUT2D eigenvalue weighted by molar-refractivity contribution is 0.281. The third-order valence-corrected chi connectivity index (χ3v) is 5.81. The minimum Gasteiger partial charge on any atom is -0.392 e. The summed E-state index contributed by atoms with van der Waals surface area (Å²) >= 11 is 11.9. The number of halogens is 3.